The van der Waals surface area contributed by atoms with E-state index in [0.29, 0.717) is 43.1 Å². The third-order valence-corrected chi connectivity index (χ3v) is 30.0. The van der Waals surface area contributed by atoms with Crippen molar-refractivity contribution in [1.82, 2.24) is 42.9 Å². The molecule has 0 saturated carbocycles. The Kier molecular flexibility index (Phi) is 46.3. The molecule has 7 N–H and O–H groups in total. The minimum Gasteiger partial charge on any atom is -0.387 e. The molecule has 0 bridgehead atoms. The molecule has 24 atom stereocenters. The zero-order valence-corrected chi connectivity index (χ0v) is 83.0. The van der Waals surface area contributed by atoms with Crippen molar-refractivity contribution in [2.24, 2.45) is 11.8 Å². The second kappa shape index (κ2) is 52.5. The molecule has 44 nitrogen and oxygen atoms in total. The molecule has 4 fully saturated rings. The Hall–Kier alpha value is -5.62. The first-order valence-electron chi connectivity index (χ1n) is 41.7. The van der Waals surface area contributed by atoms with Crippen LogP contribution in [0.15, 0.2) is 75.0 Å². The van der Waals surface area contributed by atoms with Crippen molar-refractivity contribution in [2.75, 3.05) is 176 Å². The van der Waals surface area contributed by atoms with Crippen LogP contribution in [0.4, 0.5) is 0 Å². The first kappa shape index (κ1) is 114. The van der Waals surface area contributed by atoms with E-state index < -0.39 is 210 Å². The number of H-pyrrole nitrogens is 4. The van der Waals surface area contributed by atoms with Gasteiger partial charge in [-0.05, 0) is 114 Å². The number of methoxy groups -OCH3 is 8. The highest BCUT2D eigenvalue weighted by atomic mass is 31.2. The third-order valence-electron chi connectivity index (χ3n) is 21.3. The van der Waals surface area contributed by atoms with Gasteiger partial charge in [0.25, 0.3) is 30.8 Å². The molecule has 0 spiro atoms. The van der Waals surface area contributed by atoms with Crippen LogP contribution in [0.25, 0.3) is 4.85 Å². The Bertz CT molecular complexity index is 4950. The van der Waals surface area contributed by atoms with Crippen molar-refractivity contribution in [3.8, 4) is 0 Å². The van der Waals surface area contributed by atoms with Crippen molar-refractivity contribution in [1.29, 1.82) is 0 Å². The average molecular weight is 1940 g/mol. The van der Waals surface area contributed by atoms with E-state index in [9.17, 15) is 71.9 Å². The summed E-state index contributed by atoms with van der Waals surface area (Å²) in [6.07, 6.45) is -8.37. The van der Waals surface area contributed by atoms with Crippen LogP contribution in [0.5, 0.6) is 0 Å². The lowest BCUT2D eigenvalue weighted by molar-refractivity contribution is -0.125. The van der Waals surface area contributed by atoms with Gasteiger partial charge in [-0.15, -0.1) is 0 Å². The van der Waals surface area contributed by atoms with Gasteiger partial charge in [0.2, 0.25) is 13.9 Å². The van der Waals surface area contributed by atoms with Gasteiger partial charge in [-0.25, -0.2) is 30.4 Å². The molecule has 4 aromatic rings. The number of aromatic nitrogens is 8. The number of rotatable bonds is 45. The molecule has 4 saturated heterocycles. The van der Waals surface area contributed by atoms with Gasteiger partial charge >= 0.3 is 22.8 Å². The second-order valence-electron chi connectivity index (χ2n) is 33.0. The van der Waals surface area contributed by atoms with Crippen LogP contribution >= 0.6 is 37.3 Å². The predicted molar refractivity (Wildman–Crippen MR) is 480 cm³/mol. The van der Waals surface area contributed by atoms with E-state index in [1.54, 1.807) is 81.4 Å². The molecule has 736 valence electrons. The summed E-state index contributed by atoms with van der Waals surface area (Å²) in [5.41, 5.74) is -3.37. The fourth-order valence-electron chi connectivity index (χ4n) is 14.9. The van der Waals surface area contributed by atoms with Gasteiger partial charge in [0, 0.05) is 135 Å². The average Bonchev–Trinajstić information content (AvgIpc) is 1.62. The fraction of sp³-hybridized carbons (Fsp3) is 0.762. The molecule has 129 heavy (non-hydrogen) atoms. The molecule has 2 unspecified atom stereocenters. The Balaban J connectivity index is 0.000000310. The van der Waals surface area contributed by atoms with Gasteiger partial charge in [0.05, 0.1) is 71.7 Å². The minimum atomic E-state index is -3.00. The monoisotopic (exact) mass is 1940 g/mol. The number of aryl methyl sites for hydroxylation is 4. The number of aromatic amines is 4. The maximum absolute atomic E-state index is 13.4. The number of nitrogens with one attached hydrogen (secondary N) is 4. The normalized spacial score (nSPS) is 25.9. The molecule has 8 rings (SSSR count). The largest absolute Gasteiger partial charge is 0.387 e. The highest BCUT2D eigenvalue weighted by Gasteiger charge is 2.58. The molecule has 49 heteroatoms. The van der Waals surface area contributed by atoms with Crippen LogP contribution in [0.1, 0.15) is 95.6 Å². The molecular formula is C80H137N10O34P5. The molecule has 0 radical (unpaired) electrons. The summed E-state index contributed by atoms with van der Waals surface area (Å²) in [6, 6.07) is 0.00814. The summed E-state index contributed by atoms with van der Waals surface area (Å²) in [5.74, 6) is -2.28. The predicted octanol–water partition coefficient (Wildman–Crippen LogP) is 4.38. The summed E-state index contributed by atoms with van der Waals surface area (Å²) >= 11 is 0. The minimum absolute atomic E-state index is 0.00407. The van der Waals surface area contributed by atoms with E-state index in [1.807, 2.05) is 34.6 Å². The summed E-state index contributed by atoms with van der Waals surface area (Å²) in [4.78, 5) is 110. The SMILES string of the molecule is CCOP(C)(=O)/C=C/[C@H]1O[C@@H](n2cc(C)c(=O)[nH]c2=O)[C@H](OCCOC)[C@@H]1C.COCCO[C@@H]1[C@H](C)[C@@H]([C@@H](O)[C@H](O)P(C)(C)=O)O[C@H]1n1cc(C)c(=O)[nH]c1=O.COCCO[C@@H]1[C@H](O)[C@@H]([C@@H](OC)[C@H](OC)P(C)(C)=O)O[C@H]1n1cc(C)c(=O)[nH]c1=O.[C-]#[N+]CCOP(O[C@@H]1[C@@H]([C@@H](OC)[C@H](OC)P(C)(C)=O)O[C@@H](n2cc(C)c(=O)[nH]c2=O)[C@@H]1OCCOC)N(C(C)C)C(C)C. The topological polar surface area (TPSA) is 531 Å². The van der Waals surface area contributed by atoms with Crippen LogP contribution in [0, 0.1) is 46.1 Å². The standard InChI is InChI=1S/C27H48N4O10P2.C18H31N2O9P.C18H29N2O7P.C17H29N2O8P/c1-17(2)31(18(3)4)42(39-13-12-28-6)41-21-20(23(36-8)26(37-9)43(10,11)34)40-25(22(21)38-15-14-35-7)30-16-19(5)24(32)29-27(30)33;1-10-9-20(18(23)19-15(10)22)16-13(28-8-7-25-2)11(21)12(29-16)14(26-3)17(27-4)30(5,6)24;1-6-26-28(5,23)10-7-14-13(3)15(25-9-8-24-4)17(27-14)20-11-12(2)16(21)19-18(20)22;1-9-8-19(17(23)18-14(9)21)15-13(26-7-6-25-3)10(2)12(27-15)11(20)16(22)28(4,5)24/h16-18,20-23,25-26H,12-15H2,1-5,7-11H3,(H,29,32,33);9,11-14,16-17,21H,7-8H2,1-6H3,(H,19,22,23);7,10-11,13-15,17H,6,8-9H2,1-5H3,(H,19,21,22);8,10-13,15-16,20,22H,6-7H2,1-5H3,(H,18,21,23)/b;;10-7+;/t20-,21+,22+,23+,25+,26+,42?;11-,12+,13-,14-,16-,17-;13-,14-,15-,17-,28?;10-,11-,12+,13-,15-,16-/m0111/s1. The second-order valence-corrected chi connectivity index (χ2v) is 47.0. The third kappa shape index (κ3) is 30.9. The van der Waals surface area contributed by atoms with Crippen molar-refractivity contribution in [2.45, 2.75) is 210 Å². The number of ether oxygens (including phenoxy) is 16. The number of aliphatic hydroxyl groups excluding tert-OH is 3. The smallest absolute Gasteiger partial charge is 0.330 e. The van der Waals surface area contributed by atoms with E-state index in [1.165, 1.54) is 114 Å². The van der Waals surface area contributed by atoms with Crippen molar-refractivity contribution >= 4 is 37.3 Å². The summed E-state index contributed by atoms with van der Waals surface area (Å²) < 4.78 is 167. The quantitative estimate of drug-likeness (QED) is 0.0183. The van der Waals surface area contributed by atoms with Crippen molar-refractivity contribution in [3.05, 3.63) is 154 Å². The molecule has 4 aliphatic rings. The van der Waals surface area contributed by atoms with E-state index in [4.69, 9.17) is 95.9 Å². The number of nitrogens with zero attached hydrogens (tertiary/aromatic N) is 6. The lowest BCUT2D eigenvalue weighted by atomic mass is 9.96. The molecule has 0 amide bonds. The van der Waals surface area contributed by atoms with Crippen LogP contribution in [-0.2, 0) is 108 Å². The summed E-state index contributed by atoms with van der Waals surface area (Å²) in [5, 5.41) is 31.8. The molecule has 4 aliphatic heterocycles. The fourth-order valence-corrected chi connectivity index (χ4v) is 21.6. The highest BCUT2D eigenvalue weighted by Crippen LogP contribution is 2.55. The van der Waals surface area contributed by atoms with Crippen molar-refractivity contribution < 1.29 is 123 Å². The van der Waals surface area contributed by atoms with Crippen LogP contribution in [0.2, 0.25) is 0 Å². The Morgan fingerprint density at radius 2 is 0.837 bits per heavy atom. The van der Waals surface area contributed by atoms with Gasteiger partial charge in [-0.3, -0.25) is 61.9 Å². The summed E-state index contributed by atoms with van der Waals surface area (Å²) in [7, 11) is -1.56. The maximum Gasteiger partial charge on any atom is 0.330 e. The lowest BCUT2D eigenvalue weighted by Crippen LogP contribution is -2.48. The number of hydrogen-bond acceptors (Lipinski definition) is 35. The van der Waals surface area contributed by atoms with Gasteiger partial charge in [-0.1, -0.05) is 13.8 Å². The zero-order chi connectivity index (χ0) is 97.2. The molecule has 8 heterocycles. The first-order valence-corrected chi connectivity index (χ1v) is 53.0. The van der Waals surface area contributed by atoms with Gasteiger partial charge < -0.3 is 123 Å². The molecule has 0 aromatic carbocycles. The van der Waals surface area contributed by atoms with Crippen molar-refractivity contribution in [3.63, 3.8) is 0 Å². The molecular weight excluding hydrogens is 1800 g/mol. The number of aliphatic hydroxyl groups is 3. The summed E-state index contributed by atoms with van der Waals surface area (Å²) in [6.45, 7) is 40.2. The Labute approximate surface area is 751 Å². The van der Waals surface area contributed by atoms with E-state index in [0.717, 1.165) is 4.57 Å². The van der Waals surface area contributed by atoms with Crippen LogP contribution in [0.3, 0.4) is 0 Å². The number of hydrogen-bond donors (Lipinski definition) is 7. The van der Waals surface area contributed by atoms with Gasteiger partial charge in [0.1, 0.15) is 113 Å². The van der Waals surface area contributed by atoms with Gasteiger partial charge in [0.15, 0.2) is 24.9 Å². The molecule has 0 aliphatic carbocycles. The van der Waals surface area contributed by atoms with E-state index in [-0.39, 0.29) is 69.8 Å². The zero-order valence-electron chi connectivity index (χ0n) is 78.5. The lowest BCUT2D eigenvalue weighted by Gasteiger charge is -2.39. The van der Waals surface area contributed by atoms with E-state index >= 15 is 0 Å². The van der Waals surface area contributed by atoms with Crippen LogP contribution in [-0.4, -0.2) is 343 Å². The van der Waals surface area contributed by atoms with Gasteiger partial charge in [-0.2, -0.15) is 0 Å². The Morgan fingerprint density at radius 3 is 1.19 bits per heavy atom. The molecule has 4 aromatic heterocycles. The Morgan fingerprint density at radius 1 is 0.488 bits per heavy atom. The maximum atomic E-state index is 13.4. The van der Waals surface area contributed by atoms with E-state index in [2.05, 4.69) is 29.5 Å². The van der Waals surface area contributed by atoms with Crippen LogP contribution < -0.4 is 45.0 Å². The highest BCUT2D eigenvalue weighted by molar-refractivity contribution is 7.63. The first-order chi connectivity index (χ1) is 60.5.